The van der Waals surface area contributed by atoms with Gasteiger partial charge in [0, 0.05) is 22.5 Å². The van der Waals surface area contributed by atoms with E-state index in [0.29, 0.717) is 51.2 Å². The number of hydrogen-bond acceptors (Lipinski definition) is 7. The number of benzene rings is 2. The smallest absolute Gasteiger partial charge is 0.297 e. The minimum atomic E-state index is -0.176. The molecule has 0 radical (unpaired) electrons. The van der Waals surface area contributed by atoms with Gasteiger partial charge in [-0.25, -0.2) is 4.98 Å². The van der Waals surface area contributed by atoms with Crippen molar-refractivity contribution in [3.8, 4) is 11.4 Å². The van der Waals surface area contributed by atoms with Gasteiger partial charge in [0.15, 0.2) is 5.16 Å². The molecule has 0 aliphatic rings. The number of halogens is 1. The highest BCUT2D eigenvalue weighted by molar-refractivity contribution is 7.98. The summed E-state index contributed by atoms with van der Waals surface area (Å²) in [6.07, 6.45) is 0.848. The summed E-state index contributed by atoms with van der Waals surface area (Å²) in [5.41, 5.74) is 2.11. The van der Waals surface area contributed by atoms with E-state index in [4.69, 9.17) is 25.5 Å². The van der Waals surface area contributed by atoms with Crippen molar-refractivity contribution in [1.82, 2.24) is 19.7 Å². The Morgan fingerprint density at radius 3 is 2.79 bits per heavy atom. The quantitative estimate of drug-likeness (QED) is 0.203. The third-order valence-corrected chi connectivity index (χ3v) is 6.45. The zero-order valence-corrected chi connectivity index (χ0v) is 19.7. The highest BCUT2D eigenvalue weighted by atomic mass is 35.5. The van der Waals surface area contributed by atoms with Gasteiger partial charge in [-0.2, -0.15) is 4.98 Å². The number of furan rings is 1. The Balaban J connectivity index is 1.49. The molecule has 5 aromatic rings. The van der Waals surface area contributed by atoms with Crippen LogP contribution in [0.4, 0.5) is 0 Å². The van der Waals surface area contributed by atoms with Gasteiger partial charge in [0.1, 0.15) is 11.1 Å². The number of rotatable bonds is 7. The summed E-state index contributed by atoms with van der Waals surface area (Å²) in [7, 11) is 0. The molecule has 0 N–H and O–H groups in total. The average molecular weight is 481 g/mol. The van der Waals surface area contributed by atoms with Crippen LogP contribution in [0.25, 0.3) is 33.5 Å². The number of thioether (sulfide) groups is 1. The summed E-state index contributed by atoms with van der Waals surface area (Å²) in [6, 6.07) is 14.8. The van der Waals surface area contributed by atoms with E-state index >= 15 is 0 Å². The minimum Gasteiger partial charge on any atom is -0.448 e. The standard InChI is InChI=1S/C24H21ClN4O3S/c1-14(2)10-11-29-23(30)21-20(17-8-3-4-9-18(17)31-21)27-24(29)33-13-19-26-22(28-32-19)15-6-5-7-16(25)12-15/h3-9,12,14H,10-11,13H2,1-2H3. The number of para-hydroxylation sites is 1. The minimum absolute atomic E-state index is 0.176. The van der Waals surface area contributed by atoms with Gasteiger partial charge in [0.05, 0.1) is 5.75 Å². The zero-order chi connectivity index (χ0) is 22.9. The lowest BCUT2D eigenvalue weighted by molar-refractivity contribution is 0.391. The lowest BCUT2D eigenvalue weighted by Crippen LogP contribution is -2.23. The van der Waals surface area contributed by atoms with Crippen LogP contribution in [-0.4, -0.2) is 19.7 Å². The fourth-order valence-corrected chi connectivity index (χ4v) is 4.58. The summed E-state index contributed by atoms with van der Waals surface area (Å²) < 4.78 is 13.0. The maximum absolute atomic E-state index is 13.3. The molecule has 0 amide bonds. The van der Waals surface area contributed by atoms with E-state index in [9.17, 15) is 4.79 Å². The Morgan fingerprint density at radius 1 is 1.12 bits per heavy atom. The molecule has 5 rings (SSSR count). The molecule has 0 fully saturated rings. The first kappa shape index (κ1) is 21.7. The van der Waals surface area contributed by atoms with E-state index in [0.717, 1.165) is 17.4 Å². The second-order valence-corrected chi connectivity index (χ2v) is 9.50. The van der Waals surface area contributed by atoms with E-state index in [1.807, 2.05) is 36.4 Å². The first-order chi connectivity index (χ1) is 16.0. The van der Waals surface area contributed by atoms with Crippen molar-refractivity contribution >= 4 is 45.4 Å². The normalized spacial score (nSPS) is 11.8. The van der Waals surface area contributed by atoms with E-state index in [1.54, 1.807) is 16.7 Å². The van der Waals surface area contributed by atoms with Crippen LogP contribution in [0.2, 0.25) is 5.02 Å². The summed E-state index contributed by atoms with van der Waals surface area (Å²) in [6.45, 7) is 4.80. The monoisotopic (exact) mass is 480 g/mol. The van der Waals surface area contributed by atoms with Crippen LogP contribution in [-0.2, 0) is 12.3 Å². The zero-order valence-electron chi connectivity index (χ0n) is 18.1. The van der Waals surface area contributed by atoms with Crippen LogP contribution < -0.4 is 5.56 Å². The predicted octanol–water partition coefficient (Wildman–Crippen LogP) is 6.18. The fraction of sp³-hybridized carbons (Fsp3) is 0.250. The Bertz CT molecular complexity index is 1500. The molecule has 0 spiro atoms. The predicted molar refractivity (Wildman–Crippen MR) is 130 cm³/mol. The molecule has 3 heterocycles. The summed E-state index contributed by atoms with van der Waals surface area (Å²) in [4.78, 5) is 22.6. The van der Waals surface area contributed by atoms with Crippen molar-refractivity contribution in [3.05, 3.63) is 69.8 Å². The molecule has 3 aromatic heterocycles. The Morgan fingerprint density at radius 2 is 1.97 bits per heavy atom. The lowest BCUT2D eigenvalue weighted by atomic mass is 10.1. The third-order valence-electron chi connectivity index (χ3n) is 5.25. The van der Waals surface area contributed by atoms with Gasteiger partial charge in [0.2, 0.25) is 17.3 Å². The molecule has 33 heavy (non-hydrogen) atoms. The van der Waals surface area contributed by atoms with Gasteiger partial charge in [-0.05, 0) is 36.6 Å². The second kappa shape index (κ2) is 9.03. The molecule has 0 bridgehead atoms. The Hall–Kier alpha value is -3.10. The molecule has 0 saturated heterocycles. The van der Waals surface area contributed by atoms with Crippen LogP contribution in [0.3, 0.4) is 0 Å². The van der Waals surface area contributed by atoms with Gasteiger partial charge in [-0.3, -0.25) is 9.36 Å². The Labute approximate surface area is 198 Å². The van der Waals surface area contributed by atoms with Crippen LogP contribution in [0.15, 0.2) is 67.4 Å². The molecular weight excluding hydrogens is 460 g/mol. The molecular formula is C24H21ClN4O3S. The molecule has 7 nitrogen and oxygen atoms in total. The van der Waals surface area contributed by atoms with Gasteiger partial charge < -0.3 is 8.94 Å². The van der Waals surface area contributed by atoms with E-state index in [-0.39, 0.29) is 11.1 Å². The first-order valence-electron chi connectivity index (χ1n) is 10.6. The van der Waals surface area contributed by atoms with Gasteiger partial charge in [0.25, 0.3) is 5.56 Å². The van der Waals surface area contributed by atoms with Crippen molar-refractivity contribution in [1.29, 1.82) is 0 Å². The second-order valence-electron chi connectivity index (χ2n) is 8.12. The molecule has 0 unspecified atom stereocenters. The third kappa shape index (κ3) is 4.41. The first-order valence-corrected chi connectivity index (χ1v) is 12.0. The molecule has 168 valence electrons. The van der Waals surface area contributed by atoms with Gasteiger partial charge >= 0.3 is 0 Å². The molecule has 0 aliphatic heterocycles. The number of aromatic nitrogens is 4. The van der Waals surface area contributed by atoms with Crippen LogP contribution in [0.5, 0.6) is 0 Å². The summed E-state index contributed by atoms with van der Waals surface area (Å²) in [5, 5.41) is 6.09. The Kier molecular flexibility index (Phi) is 5.95. The molecule has 2 aromatic carbocycles. The summed E-state index contributed by atoms with van der Waals surface area (Å²) in [5.74, 6) is 1.73. The maximum Gasteiger partial charge on any atom is 0.297 e. The van der Waals surface area contributed by atoms with Crippen molar-refractivity contribution < 1.29 is 8.94 Å². The molecule has 0 atom stereocenters. The van der Waals surface area contributed by atoms with Crippen molar-refractivity contribution in [3.63, 3.8) is 0 Å². The average Bonchev–Trinajstić information content (AvgIpc) is 3.42. The van der Waals surface area contributed by atoms with Crippen molar-refractivity contribution in [2.45, 2.75) is 37.7 Å². The number of hydrogen-bond donors (Lipinski definition) is 0. The highest BCUT2D eigenvalue weighted by Crippen LogP contribution is 2.29. The lowest BCUT2D eigenvalue weighted by Gasteiger charge is -2.12. The van der Waals surface area contributed by atoms with Crippen LogP contribution >= 0.6 is 23.4 Å². The molecule has 9 heteroatoms. The molecule has 0 aliphatic carbocycles. The maximum atomic E-state index is 13.3. The number of nitrogens with zero attached hydrogens (tertiary/aromatic N) is 4. The van der Waals surface area contributed by atoms with Crippen LogP contribution in [0, 0.1) is 5.92 Å². The fourth-order valence-electron chi connectivity index (χ4n) is 3.53. The van der Waals surface area contributed by atoms with Crippen molar-refractivity contribution in [2.24, 2.45) is 5.92 Å². The SMILES string of the molecule is CC(C)CCn1c(SCc2nc(-c3cccc(Cl)c3)no2)nc2c(oc3ccccc32)c1=O. The topological polar surface area (TPSA) is 86.9 Å². The van der Waals surface area contributed by atoms with Crippen molar-refractivity contribution in [2.75, 3.05) is 0 Å². The van der Waals surface area contributed by atoms with Crippen LogP contribution in [0.1, 0.15) is 26.2 Å². The summed E-state index contributed by atoms with van der Waals surface area (Å²) >= 11 is 7.46. The number of fused-ring (bicyclic) bond motifs is 3. The van der Waals surface area contributed by atoms with E-state index < -0.39 is 0 Å². The van der Waals surface area contributed by atoms with Gasteiger partial charge in [-0.1, -0.05) is 66.6 Å². The highest BCUT2D eigenvalue weighted by Gasteiger charge is 2.19. The van der Waals surface area contributed by atoms with E-state index in [1.165, 1.54) is 11.8 Å². The van der Waals surface area contributed by atoms with Gasteiger partial charge in [-0.15, -0.1) is 0 Å². The molecule has 0 saturated carbocycles. The van der Waals surface area contributed by atoms with E-state index in [2.05, 4.69) is 24.0 Å². The largest absolute Gasteiger partial charge is 0.448 e.